The molecule has 1 aliphatic carbocycles. The molecule has 2 bridgehead atoms. The third kappa shape index (κ3) is 2.93. The number of benzene rings is 1. The van der Waals surface area contributed by atoms with Crippen LogP contribution in [0, 0.1) is 0 Å². The molecule has 21 heavy (non-hydrogen) atoms. The van der Waals surface area contributed by atoms with E-state index in [1.807, 2.05) is 30.3 Å². The molecule has 1 N–H and O–H groups in total. The molecule has 0 spiro atoms. The minimum absolute atomic E-state index is 0.252. The molecule has 5 heteroatoms. The highest BCUT2D eigenvalue weighted by molar-refractivity contribution is 5.69. The van der Waals surface area contributed by atoms with E-state index in [4.69, 9.17) is 9.47 Å². The fraction of sp³-hybridized carbons (Fsp3) is 0.500. The minimum atomic E-state index is -0.614. The Hall–Kier alpha value is -1.88. The van der Waals surface area contributed by atoms with Gasteiger partial charge < -0.3 is 19.6 Å². The van der Waals surface area contributed by atoms with Gasteiger partial charge in [-0.25, -0.2) is 4.79 Å². The number of carbonyl (C=O) groups is 2. The van der Waals surface area contributed by atoms with Gasteiger partial charge in [0.1, 0.15) is 12.2 Å². The van der Waals surface area contributed by atoms with E-state index in [1.54, 1.807) is 0 Å². The van der Waals surface area contributed by atoms with E-state index in [1.165, 1.54) is 0 Å². The van der Waals surface area contributed by atoms with E-state index in [0.717, 1.165) is 24.7 Å². The van der Waals surface area contributed by atoms with Gasteiger partial charge in [0, 0.05) is 0 Å². The lowest BCUT2D eigenvalue weighted by molar-refractivity contribution is -0.166. The smallest absolute Gasteiger partial charge is 0.407 e. The van der Waals surface area contributed by atoms with Gasteiger partial charge in [0.15, 0.2) is 6.29 Å². The largest absolute Gasteiger partial charge is 0.445 e. The molecule has 0 radical (unpaired) electrons. The van der Waals surface area contributed by atoms with Crippen molar-refractivity contribution in [1.29, 1.82) is 0 Å². The lowest BCUT2D eigenvalue weighted by Crippen LogP contribution is -2.63. The number of aldehydes is 1. The van der Waals surface area contributed by atoms with Gasteiger partial charge in [-0.1, -0.05) is 30.3 Å². The van der Waals surface area contributed by atoms with Crippen LogP contribution in [0.4, 0.5) is 4.79 Å². The molecule has 3 aliphatic rings. The van der Waals surface area contributed by atoms with E-state index in [2.05, 4.69) is 5.32 Å². The topological polar surface area (TPSA) is 64.6 Å². The lowest BCUT2D eigenvalue weighted by atomic mass is 9.72. The Kier molecular flexibility index (Phi) is 3.68. The number of hydrogen-bond acceptors (Lipinski definition) is 4. The first kappa shape index (κ1) is 14.1. The molecule has 112 valence electrons. The van der Waals surface area contributed by atoms with Crippen LogP contribution in [-0.2, 0) is 20.9 Å². The fourth-order valence-corrected chi connectivity index (χ4v) is 3.01. The van der Waals surface area contributed by atoms with Crippen LogP contribution >= 0.6 is 0 Å². The first-order valence-electron chi connectivity index (χ1n) is 7.25. The Morgan fingerprint density at radius 2 is 1.95 bits per heavy atom. The van der Waals surface area contributed by atoms with Crippen LogP contribution in [0.3, 0.4) is 0 Å². The molecule has 1 aromatic carbocycles. The number of fused-ring (bicyclic) bond motifs is 3. The highest BCUT2D eigenvalue weighted by atomic mass is 16.6. The van der Waals surface area contributed by atoms with Gasteiger partial charge in [-0.2, -0.15) is 0 Å². The predicted octanol–water partition coefficient (Wildman–Crippen LogP) is 2.19. The summed E-state index contributed by atoms with van der Waals surface area (Å²) >= 11 is 0. The van der Waals surface area contributed by atoms with Crippen molar-refractivity contribution < 1.29 is 19.1 Å². The van der Waals surface area contributed by atoms with Crippen molar-refractivity contribution in [2.24, 2.45) is 0 Å². The lowest BCUT2D eigenvalue weighted by Gasteiger charge is -2.50. The number of alkyl carbamates (subject to hydrolysis) is 1. The number of carbonyl (C=O) groups excluding carboxylic acids is 2. The van der Waals surface area contributed by atoms with E-state index < -0.39 is 11.7 Å². The molecule has 4 rings (SSSR count). The Labute approximate surface area is 123 Å². The Morgan fingerprint density at radius 1 is 1.24 bits per heavy atom. The van der Waals surface area contributed by atoms with Crippen LogP contribution in [-0.4, -0.2) is 30.1 Å². The average molecular weight is 289 g/mol. The summed E-state index contributed by atoms with van der Waals surface area (Å²) in [7, 11) is 0. The molecule has 1 amide bonds. The molecule has 3 fully saturated rings. The molecule has 1 saturated carbocycles. The van der Waals surface area contributed by atoms with Crippen LogP contribution in [0.25, 0.3) is 0 Å². The maximum absolute atomic E-state index is 12.0. The quantitative estimate of drug-likeness (QED) is 0.863. The Balaban J connectivity index is 1.53. The number of rotatable bonds is 4. The molecular formula is C16H19NO4. The second-order valence-electron chi connectivity index (χ2n) is 5.94. The zero-order valence-electron chi connectivity index (χ0n) is 11.8. The molecule has 0 aromatic heterocycles. The van der Waals surface area contributed by atoms with Gasteiger partial charge in [0.25, 0.3) is 0 Å². The van der Waals surface area contributed by atoms with Crippen LogP contribution in [0.15, 0.2) is 30.3 Å². The first-order valence-corrected chi connectivity index (χ1v) is 7.25. The highest BCUT2D eigenvalue weighted by Gasteiger charge is 2.50. The van der Waals surface area contributed by atoms with Gasteiger partial charge >= 0.3 is 6.09 Å². The zero-order chi connectivity index (χ0) is 14.8. The van der Waals surface area contributed by atoms with Crippen molar-refractivity contribution in [3.8, 4) is 0 Å². The Morgan fingerprint density at radius 3 is 2.52 bits per heavy atom. The molecule has 0 unspecified atom stereocenters. The zero-order valence-corrected chi connectivity index (χ0v) is 11.8. The van der Waals surface area contributed by atoms with Crippen molar-refractivity contribution in [3.05, 3.63) is 35.9 Å². The third-order valence-electron chi connectivity index (χ3n) is 4.48. The second-order valence-corrected chi connectivity index (χ2v) is 5.94. The molecule has 5 nitrogen and oxygen atoms in total. The van der Waals surface area contributed by atoms with Gasteiger partial charge in [0.05, 0.1) is 12.1 Å². The maximum atomic E-state index is 12.0. The van der Waals surface area contributed by atoms with Gasteiger partial charge in [0.2, 0.25) is 0 Å². The predicted molar refractivity (Wildman–Crippen MR) is 75.7 cm³/mol. The Bertz CT molecular complexity index is 504. The third-order valence-corrected chi connectivity index (χ3v) is 4.48. The van der Waals surface area contributed by atoms with Gasteiger partial charge in [-0.3, -0.25) is 0 Å². The summed E-state index contributed by atoms with van der Waals surface area (Å²) in [5.41, 5.74) is -0.0377. The standard InChI is InChI=1S/C16H19NO4/c18-11-16-8-6-15(7-9-16,12-21-16)17-14(19)20-10-13-4-2-1-3-5-13/h1-5,11H,6-10,12H2,(H,17,19). The number of nitrogens with one attached hydrogen (secondary N) is 1. The number of hydrogen-bond donors (Lipinski definition) is 1. The SMILES string of the molecule is O=CC12CCC(NC(=O)OCc3ccccc3)(CC1)CO2. The molecule has 2 aliphatic heterocycles. The number of ether oxygens (including phenoxy) is 2. The van der Waals surface area contributed by atoms with Crippen LogP contribution < -0.4 is 5.32 Å². The minimum Gasteiger partial charge on any atom is -0.445 e. The van der Waals surface area contributed by atoms with Crippen LogP contribution in [0.1, 0.15) is 31.2 Å². The molecule has 2 saturated heterocycles. The molecule has 0 atom stereocenters. The maximum Gasteiger partial charge on any atom is 0.407 e. The average Bonchev–Trinajstić information content (AvgIpc) is 2.55. The summed E-state index contributed by atoms with van der Waals surface area (Å²) in [6.07, 6.45) is 3.32. The van der Waals surface area contributed by atoms with Gasteiger partial charge in [-0.05, 0) is 31.2 Å². The number of amides is 1. The summed E-state index contributed by atoms with van der Waals surface area (Å²) in [6.45, 7) is 0.633. The fourth-order valence-electron chi connectivity index (χ4n) is 3.01. The molecular weight excluding hydrogens is 270 g/mol. The van der Waals surface area contributed by atoms with Crippen molar-refractivity contribution in [2.45, 2.75) is 43.4 Å². The van der Waals surface area contributed by atoms with Crippen LogP contribution in [0.2, 0.25) is 0 Å². The summed E-state index contributed by atoms with van der Waals surface area (Å²) in [5.74, 6) is 0. The summed E-state index contributed by atoms with van der Waals surface area (Å²) in [6, 6.07) is 9.56. The highest BCUT2D eigenvalue weighted by Crippen LogP contribution is 2.42. The summed E-state index contributed by atoms with van der Waals surface area (Å²) in [4.78, 5) is 23.0. The second kappa shape index (κ2) is 5.48. The van der Waals surface area contributed by atoms with Crippen molar-refractivity contribution in [2.75, 3.05) is 6.61 Å². The first-order chi connectivity index (χ1) is 10.2. The van der Waals surface area contributed by atoms with E-state index in [-0.39, 0.29) is 12.1 Å². The molecule has 2 heterocycles. The normalized spacial score (nSPS) is 30.7. The van der Waals surface area contributed by atoms with E-state index in [9.17, 15) is 9.59 Å². The summed E-state index contributed by atoms with van der Waals surface area (Å²) in [5, 5.41) is 2.93. The van der Waals surface area contributed by atoms with Crippen molar-refractivity contribution >= 4 is 12.4 Å². The van der Waals surface area contributed by atoms with Gasteiger partial charge in [-0.15, -0.1) is 0 Å². The van der Waals surface area contributed by atoms with E-state index in [0.29, 0.717) is 19.4 Å². The molecule has 1 aromatic rings. The van der Waals surface area contributed by atoms with Crippen LogP contribution in [0.5, 0.6) is 0 Å². The summed E-state index contributed by atoms with van der Waals surface area (Å²) < 4.78 is 10.9. The van der Waals surface area contributed by atoms with Crippen molar-refractivity contribution in [1.82, 2.24) is 5.32 Å². The monoisotopic (exact) mass is 289 g/mol. The van der Waals surface area contributed by atoms with E-state index >= 15 is 0 Å². The van der Waals surface area contributed by atoms with Crippen molar-refractivity contribution in [3.63, 3.8) is 0 Å².